The van der Waals surface area contributed by atoms with Gasteiger partial charge in [-0.15, -0.1) is 24.0 Å². The summed E-state index contributed by atoms with van der Waals surface area (Å²) in [5, 5.41) is 9.54. The molecule has 1 amide bonds. The Labute approximate surface area is 188 Å². The molecule has 0 radical (unpaired) electrons. The first-order chi connectivity index (χ1) is 13.3. The second-order valence-electron chi connectivity index (χ2n) is 6.92. The predicted molar refractivity (Wildman–Crippen MR) is 126 cm³/mol. The van der Waals surface area contributed by atoms with Crippen molar-refractivity contribution in [3.8, 4) is 0 Å². The monoisotopic (exact) mass is 512 g/mol. The SMILES string of the molecule is CCCCOCCOCCN=C(NCC)NCCC(=O)NC1CCCCC1.I. The maximum Gasteiger partial charge on any atom is 0.221 e. The molecule has 0 spiro atoms. The van der Waals surface area contributed by atoms with Crippen LogP contribution in [0.1, 0.15) is 65.2 Å². The molecule has 0 unspecified atom stereocenters. The number of carbonyl (C=O) groups excluding carboxylic acids is 1. The standard InChI is InChI=1S/C20H40N4O3.HI/c1-3-5-14-26-16-17-27-15-13-23-20(21-4-2)22-12-11-19(25)24-18-9-7-6-8-10-18;/h18H,3-17H2,1-2H3,(H,24,25)(H2,21,22,23);1H. The van der Waals surface area contributed by atoms with Gasteiger partial charge in [-0.1, -0.05) is 32.6 Å². The Bertz CT molecular complexity index is 405. The molecule has 1 aliphatic rings. The number of halogens is 1. The molecule has 28 heavy (non-hydrogen) atoms. The summed E-state index contributed by atoms with van der Waals surface area (Å²) in [6, 6.07) is 0.372. The van der Waals surface area contributed by atoms with Crippen LogP contribution in [0.4, 0.5) is 0 Å². The predicted octanol–water partition coefficient (Wildman–Crippen LogP) is 2.83. The van der Waals surface area contributed by atoms with Gasteiger partial charge in [-0.3, -0.25) is 9.79 Å². The number of aliphatic imine (C=N–C) groups is 1. The molecular weight excluding hydrogens is 471 g/mol. The third-order valence-electron chi connectivity index (χ3n) is 4.48. The molecule has 1 fully saturated rings. The molecule has 166 valence electrons. The number of ether oxygens (including phenoxy) is 2. The average Bonchev–Trinajstić information content (AvgIpc) is 2.67. The van der Waals surface area contributed by atoms with Crippen molar-refractivity contribution in [1.82, 2.24) is 16.0 Å². The number of nitrogens with zero attached hydrogens (tertiary/aromatic N) is 1. The van der Waals surface area contributed by atoms with E-state index in [1.54, 1.807) is 0 Å². The highest BCUT2D eigenvalue weighted by Gasteiger charge is 2.15. The van der Waals surface area contributed by atoms with Gasteiger partial charge in [-0.2, -0.15) is 0 Å². The third kappa shape index (κ3) is 15.3. The summed E-state index contributed by atoms with van der Waals surface area (Å²) in [6.45, 7) is 8.73. The summed E-state index contributed by atoms with van der Waals surface area (Å²) < 4.78 is 11.0. The van der Waals surface area contributed by atoms with Crippen LogP contribution in [0.15, 0.2) is 4.99 Å². The van der Waals surface area contributed by atoms with Crippen LogP contribution in [0.3, 0.4) is 0 Å². The Kier molecular flexibility index (Phi) is 19.3. The summed E-state index contributed by atoms with van der Waals surface area (Å²) in [4.78, 5) is 16.5. The molecule has 1 saturated carbocycles. The first-order valence-electron chi connectivity index (χ1n) is 10.7. The fourth-order valence-electron chi connectivity index (χ4n) is 2.97. The minimum atomic E-state index is 0. The summed E-state index contributed by atoms with van der Waals surface area (Å²) in [5.41, 5.74) is 0. The van der Waals surface area contributed by atoms with Gasteiger partial charge in [-0.05, 0) is 26.2 Å². The van der Waals surface area contributed by atoms with Crippen molar-refractivity contribution < 1.29 is 14.3 Å². The molecular formula is C20H41IN4O3. The topological polar surface area (TPSA) is 84.0 Å². The van der Waals surface area contributed by atoms with E-state index in [-0.39, 0.29) is 29.9 Å². The molecule has 0 saturated heterocycles. The minimum Gasteiger partial charge on any atom is -0.379 e. The molecule has 1 rings (SSSR count). The van der Waals surface area contributed by atoms with Gasteiger partial charge in [-0.25, -0.2) is 0 Å². The van der Waals surface area contributed by atoms with Gasteiger partial charge in [0.15, 0.2) is 5.96 Å². The van der Waals surface area contributed by atoms with Crippen LogP contribution in [0.2, 0.25) is 0 Å². The molecule has 7 nitrogen and oxygen atoms in total. The highest BCUT2D eigenvalue weighted by Crippen LogP contribution is 2.17. The summed E-state index contributed by atoms with van der Waals surface area (Å²) >= 11 is 0. The summed E-state index contributed by atoms with van der Waals surface area (Å²) in [7, 11) is 0. The van der Waals surface area contributed by atoms with Crippen molar-refractivity contribution in [1.29, 1.82) is 0 Å². The molecule has 8 heteroatoms. The van der Waals surface area contributed by atoms with Gasteiger partial charge in [0, 0.05) is 32.2 Å². The van der Waals surface area contributed by atoms with Crippen LogP contribution in [-0.4, -0.2) is 64.0 Å². The van der Waals surface area contributed by atoms with Crippen molar-refractivity contribution >= 4 is 35.8 Å². The third-order valence-corrected chi connectivity index (χ3v) is 4.48. The first kappa shape index (κ1) is 27.4. The van der Waals surface area contributed by atoms with Crippen LogP contribution in [0.5, 0.6) is 0 Å². The zero-order valence-corrected chi connectivity index (χ0v) is 20.1. The molecule has 0 aromatic heterocycles. The molecule has 0 aromatic carbocycles. The van der Waals surface area contributed by atoms with E-state index in [1.165, 1.54) is 19.3 Å². The number of hydrogen-bond donors (Lipinski definition) is 3. The number of nitrogens with one attached hydrogen (secondary N) is 3. The van der Waals surface area contributed by atoms with Gasteiger partial charge >= 0.3 is 0 Å². The lowest BCUT2D eigenvalue weighted by atomic mass is 9.95. The van der Waals surface area contributed by atoms with Crippen molar-refractivity contribution in [2.75, 3.05) is 46.1 Å². The van der Waals surface area contributed by atoms with Crippen LogP contribution >= 0.6 is 24.0 Å². The van der Waals surface area contributed by atoms with Gasteiger partial charge in [0.25, 0.3) is 0 Å². The van der Waals surface area contributed by atoms with E-state index in [9.17, 15) is 4.79 Å². The van der Waals surface area contributed by atoms with E-state index >= 15 is 0 Å². The molecule has 0 aliphatic heterocycles. The van der Waals surface area contributed by atoms with E-state index in [0.717, 1.165) is 44.8 Å². The molecule has 0 atom stereocenters. The minimum absolute atomic E-state index is 0. The molecule has 0 heterocycles. The number of rotatable bonds is 14. The largest absolute Gasteiger partial charge is 0.379 e. The number of unbranched alkanes of at least 4 members (excludes halogenated alkanes) is 1. The van der Waals surface area contributed by atoms with E-state index in [2.05, 4.69) is 27.9 Å². The van der Waals surface area contributed by atoms with Crippen molar-refractivity contribution in [3.63, 3.8) is 0 Å². The van der Waals surface area contributed by atoms with Crippen LogP contribution in [0, 0.1) is 0 Å². The van der Waals surface area contributed by atoms with Gasteiger partial charge in [0.2, 0.25) is 5.91 Å². The Balaban J connectivity index is 0.00000729. The normalized spacial score (nSPS) is 15.0. The van der Waals surface area contributed by atoms with E-state index in [4.69, 9.17) is 9.47 Å². The van der Waals surface area contributed by atoms with Gasteiger partial charge in [0.05, 0.1) is 26.4 Å². The van der Waals surface area contributed by atoms with E-state index < -0.39 is 0 Å². The Morgan fingerprint density at radius 2 is 1.71 bits per heavy atom. The lowest BCUT2D eigenvalue weighted by molar-refractivity contribution is -0.121. The highest BCUT2D eigenvalue weighted by atomic mass is 127. The van der Waals surface area contributed by atoms with Crippen LogP contribution in [-0.2, 0) is 14.3 Å². The van der Waals surface area contributed by atoms with Gasteiger partial charge in [0.1, 0.15) is 0 Å². The average molecular weight is 512 g/mol. The smallest absolute Gasteiger partial charge is 0.221 e. The molecule has 3 N–H and O–H groups in total. The Morgan fingerprint density at radius 1 is 1.00 bits per heavy atom. The van der Waals surface area contributed by atoms with E-state index in [1.807, 2.05) is 6.92 Å². The maximum atomic E-state index is 12.0. The van der Waals surface area contributed by atoms with Crippen molar-refractivity contribution in [3.05, 3.63) is 0 Å². The van der Waals surface area contributed by atoms with Crippen molar-refractivity contribution in [2.45, 2.75) is 71.3 Å². The lowest BCUT2D eigenvalue weighted by Crippen LogP contribution is -2.41. The first-order valence-corrected chi connectivity index (χ1v) is 10.7. The number of carbonyl (C=O) groups is 1. The molecule has 0 bridgehead atoms. The maximum absolute atomic E-state index is 12.0. The second-order valence-corrected chi connectivity index (χ2v) is 6.92. The Morgan fingerprint density at radius 3 is 2.39 bits per heavy atom. The van der Waals surface area contributed by atoms with Crippen LogP contribution < -0.4 is 16.0 Å². The molecule has 0 aromatic rings. The number of guanidine groups is 1. The number of amides is 1. The lowest BCUT2D eigenvalue weighted by Gasteiger charge is -2.22. The molecule has 1 aliphatic carbocycles. The zero-order valence-electron chi connectivity index (χ0n) is 17.8. The second kappa shape index (κ2) is 19.7. The van der Waals surface area contributed by atoms with Gasteiger partial charge < -0.3 is 25.4 Å². The van der Waals surface area contributed by atoms with Crippen molar-refractivity contribution in [2.24, 2.45) is 4.99 Å². The fraction of sp³-hybridized carbons (Fsp3) is 0.900. The fourth-order valence-corrected chi connectivity index (χ4v) is 2.97. The Hall–Kier alpha value is -0.610. The summed E-state index contributed by atoms with van der Waals surface area (Å²) in [6.07, 6.45) is 8.71. The van der Waals surface area contributed by atoms with E-state index in [0.29, 0.717) is 45.4 Å². The van der Waals surface area contributed by atoms with Crippen LogP contribution in [0.25, 0.3) is 0 Å². The number of hydrogen-bond acceptors (Lipinski definition) is 4. The summed E-state index contributed by atoms with van der Waals surface area (Å²) in [5.74, 6) is 0.849. The zero-order chi connectivity index (χ0) is 19.6. The quantitative estimate of drug-likeness (QED) is 0.144. The highest BCUT2D eigenvalue weighted by molar-refractivity contribution is 14.0.